The van der Waals surface area contributed by atoms with Crippen LogP contribution in [0.25, 0.3) is 11.8 Å². The van der Waals surface area contributed by atoms with Gasteiger partial charge in [-0.1, -0.05) is 12.2 Å². The average molecular weight is 355 g/mol. The lowest BCUT2D eigenvalue weighted by Crippen LogP contribution is -2.16. The van der Waals surface area contributed by atoms with E-state index in [9.17, 15) is 9.50 Å². The van der Waals surface area contributed by atoms with E-state index in [0.717, 1.165) is 17.1 Å². The molecule has 1 aromatic carbocycles. The molecule has 3 heteroatoms. The smallest absolute Gasteiger partial charge is 0.335 e. The summed E-state index contributed by atoms with van der Waals surface area (Å²) in [5.74, 6) is 1.59. The first-order valence-corrected chi connectivity index (χ1v) is 8.79. The van der Waals surface area contributed by atoms with Crippen LogP contribution in [0.5, 0.6) is 0 Å². The average Bonchev–Trinajstić information content (AvgIpc) is 2.53. The highest BCUT2D eigenvalue weighted by molar-refractivity contribution is 5.63. The van der Waals surface area contributed by atoms with Gasteiger partial charge in [-0.05, 0) is 77.4 Å². The summed E-state index contributed by atoms with van der Waals surface area (Å²) in [6.07, 6.45) is 5.32. The molecule has 0 aliphatic carbocycles. The van der Waals surface area contributed by atoms with Crippen molar-refractivity contribution in [3.63, 3.8) is 0 Å². The molecule has 2 aromatic rings. The van der Waals surface area contributed by atoms with Gasteiger partial charge in [0.25, 0.3) is 0 Å². The van der Waals surface area contributed by atoms with Crippen LogP contribution in [-0.4, -0.2) is 5.11 Å². The first kappa shape index (κ1) is 19.9. The summed E-state index contributed by atoms with van der Waals surface area (Å²) < 4.78 is 19.1. The molecule has 26 heavy (non-hydrogen) atoms. The Labute approximate surface area is 155 Å². The lowest BCUT2D eigenvalue weighted by Gasteiger charge is -2.14. The van der Waals surface area contributed by atoms with Crippen molar-refractivity contribution in [2.45, 2.75) is 52.4 Å². The zero-order valence-corrected chi connectivity index (χ0v) is 16.4. The van der Waals surface area contributed by atoms with Crippen LogP contribution in [0, 0.1) is 5.82 Å². The van der Waals surface area contributed by atoms with Crippen LogP contribution in [0.3, 0.4) is 0 Å². The Bertz CT molecular complexity index is 785. The van der Waals surface area contributed by atoms with E-state index in [1.807, 2.05) is 18.2 Å². The number of aliphatic hydroxyl groups excluding tert-OH is 1. The SMILES string of the molecule is CC(C)(C)c1cc(/C=C/C=C(/O)c2ccc(F)cc2)cc(C(C)(C)C)[o+]1. The minimum Gasteiger partial charge on any atom is -0.507 e. The summed E-state index contributed by atoms with van der Waals surface area (Å²) in [6, 6.07) is 9.79. The van der Waals surface area contributed by atoms with E-state index in [4.69, 9.17) is 4.42 Å². The molecule has 0 atom stereocenters. The molecule has 1 N–H and O–H groups in total. The van der Waals surface area contributed by atoms with Gasteiger partial charge in [0, 0.05) is 17.7 Å². The summed E-state index contributed by atoms with van der Waals surface area (Å²) in [5, 5.41) is 10.1. The Hall–Kier alpha value is -2.42. The van der Waals surface area contributed by atoms with Gasteiger partial charge in [0.1, 0.15) is 11.6 Å². The maximum Gasteiger partial charge on any atom is 0.335 e. The second-order valence-corrected chi connectivity index (χ2v) is 8.54. The molecule has 1 heterocycles. The highest BCUT2D eigenvalue weighted by Crippen LogP contribution is 2.30. The number of halogens is 1. The molecule has 0 saturated carbocycles. The van der Waals surface area contributed by atoms with E-state index in [1.165, 1.54) is 12.1 Å². The standard InChI is InChI=1S/C23H27FO2/c1-22(2,3)20-14-16(15-21(26-20)23(4,5)6)8-7-9-19(25)17-10-12-18(24)13-11-17/h7-15H,1-6H3/p+1/b8-7+,19-9+. The number of hydrogen-bond acceptors (Lipinski definition) is 1. The largest absolute Gasteiger partial charge is 0.507 e. The Kier molecular flexibility index (Phi) is 5.70. The summed E-state index contributed by atoms with van der Waals surface area (Å²) in [7, 11) is 0. The van der Waals surface area contributed by atoms with Crippen molar-refractivity contribution >= 4 is 11.8 Å². The third kappa shape index (κ3) is 5.29. The van der Waals surface area contributed by atoms with Gasteiger partial charge in [0.05, 0.1) is 10.8 Å². The van der Waals surface area contributed by atoms with Crippen molar-refractivity contribution in [1.29, 1.82) is 0 Å². The van der Waals surface area contributed by atoms with Crippen molar-refractivity contribution in [1.82, 2.24) is 0 Å². The van der Waals surface area contributed by atoms with Crippen molar-refractivity contribution in [2.75, 3.05) is 0 Å². The van der Waals surface area contributed by atoms with Gasteiger partial charge in [-0.2, -0.15) is 0 Å². The van der Waals surface area contributed by atoms with Gasteiger partial charge < -0.3 is 5.11 Å². The number of allylic oxidation sites excluding steroid dienone is 2. The van der Waals surface area contributed by atoms with Gasteiger partial charge in [0.15, 0.2) is 0 Å². The predicted octanol–water partition coefficient (Wildman–Crippen LogP) is 6.91. The lowest BCUT2D eigenvalue weighted by molar-refractivity contribution is 0.328. The monoisotopic (exact) mass is 355 g/mol. The molecule has 0 unspecified atom stereocenters. The summed E-state index contributed by atoms with van der Waals surface area (Å²) in [4.78, 5) is 0. The van der Waals surface area contributed by atoms with E-state index < -0.39 is 0 Å². The van der Waals surface area contributed by atoms with E-state index >= 15 is 0 Å². The zero-order chi connectivity index (χ0) is 19.5. The van der Waals surface area contributed by atoms with Gasteiger partial charge in [-0.25, -0.2) is 8.81 Å². The minimum atomic E-state index is -0.324. The van der Waals surface area contributed by atoms with Crippen LogP contribution in [0.4, 0.5) is 4.39 Å². The molecule has 0 saturated heterocycles. The highest BCUT2D eigenvalue weighted by Gasteiger charge is 2.33. The van der Waals surface area contributed by atoms with E-state index in [-0.39, 0.29) is 22.4 Å². The number of benzene rings is 1. The Morgan fingerprint density at radius 2 is 1.42 bits per heavy atom. The van der Waals surface area contributed by atoms with E-state index in [1.54, 1.807) is 24.3 Å². The Balaban J connectivity index is 2.34. The quantitative estimate of drug-likeness (QED) is 0.368. The molecule has 0 aliphatic heterocycles. The van der Waals surface area contributed by atoms with Crippen molar-refractivity contribution in [3.05, 3.63) is 77.0 Å². The lowest BCUT2D eigenvalue weighted by atomic mass is 9.88. The Morgan fingerprint density at radius 1 is 0.923 bits per heavy atom. The first-order valence-electron chi connectivity index (χ1n) is 8.79. The van der Waals surface area contributed by atoms with Crippen LogP contribution in [-0.2, 0) is 10.8 Å². The molecule has 0 fully saturated rings. The second-order valence-electron chi connectivity index (χ2n) is 8.54. The fourth-order valence-corrected chi connectivity index (χ4v) is 2.32. The zero-order valence-electron chi connectivity index (χ0n) is 16.4. The number of hydrogen-bond donors (Lipinski definition) is 1. The molecular formula is C23H28FO2+. The molecule has 2 nitrogen and oxygen atoms in total. The molecule has 0 radical (unpaired) electrons. The molecule has 0 amide bonds. The van der Waals surface area contributed by atoms with Crippen LogP contribution in [0.2, 0.25) is 0 Å². The molecule has 1 aromatic heterocycles. The predicted molar refractivity (Wildman–Crippen MR) is 107 cm³/mol. The van der Waals surface area contributed by atoms with Crippen LogP contribution >= 0.6 is 0 Å². The van der Waals surface area contributed by atoms with Crippen molar-refractivity contribution in [3.8, 4) is 0 Å². The summed E-state index contributed by atoms with van der Waals surface area (Å²) in [6.45, 7) is 12.7. The normalized spacial score (nSPS) is 13.4. The first-order chi connectivity index (χ1) is 12.0. The van der Waals surface area contributed by atoms with Crippen LogP contribution in [0.1, 0.15) is 64.2 Å². The van der Waals surface area contributed by atoms with Crippen LogP contribution < -0.4 is 0 Å². The third-order valence-electron chi connectivity index (χ3n) is 3.98. The van der Waals surface area contributed by atoms with Gasteiger partial charge in [-0.15, -0.1) is 0 Å². The molecule has 138 valence electrons. The fraction of sp³-hybridized carbons (Fsp3) is 0.348. The van der Waals surface area contributed by atoms with Gasteiger partial charge >= 0.3 is 11.5 Å². The maximum absolute atomic E-state index is 13.0. The summed E-state index contributed by atoms with van der Waals surface area (Å²) in [5.41, 5.74) is 1.38. The Morgan fingerprint density at radius 3 is 1.88 bits per heavy atom. The number of rotatable bonds is 3. The third-order valence-corrected chi connectivity index (χ3v) is 3.98. The van der Waals surface area contributed by atoms with Gasteiger partial charge in [-0.3, -0.25) is 0 Å². The van der Waals surface area contributed by atoms with Gasteiger partial charge in [0.2, 0.25) is 0 Å². The van der Waals surface area contributed by atoms with E-state index in [2.05, 4.69) is 41.5 Å². The molecule has 0 aliphatic rings. The number of aliphatic hydroxyl groups is 1. The summed E-state index contributed by atoms with van der Waals surface area (Å²) >= 11 is 0. The van der Waals surface area contributed by atoms with E-state index in [0.29, 0.717) is 5.56 Å². The van der Waals surface area contributed by atoms with Crippen LogP contribution in [0.15, 0.2) is 53.0 Å². The maximum atomic E-state index is 13.0. The molecule has 2 rings (SSSR count). The molecule has 0 spiro atoms. The molecular weight excluding hydrogens is 327 g/mol. The highest BCUT2D eigenvalue weighted by atomic mass is 19.1. The molecule has 0 bridgehead atoms. The van der Waals surface area contributed by atoms with Crippen molar-refractivity contribution < 1.29 is 13.9 Å². The second kappa shape index (κ2) is 7.45. The fourth-order valence-electron chi connectivity index (χ4n) is 2.32. The van der Waals surface area contributed by atoms with Crippen molar-refractivity contribution in [2.24, 2.45) is 0 Å². The topological polar surface area (TPSA) is 31.5 Å². The minimum absolute atomic E-state index is 0.0916.